The first kappa shape index (κ1) is 3.72. The first-order chi connectivity index (χ1) is 10.3. The van der Waals surface area contributed by atoms with Crippen LogP contribution in [-0.4, -0.2) is 24.4 Å². The second-order valence-electron chi connectivity index (χ2n) is 2.63. The van der Waals surface area contributed by atoms with Gasteiger partial charge in [0.05, 0.1) is 6.54 Å². The Bertz CT molecular complexity index is 570. The summed E-state index contributed by atoms with van der Waals surface area (Å²) in [4.78, 5) is 0.236. The Morgan fingerprint density at radius 1 is 1.64 bits per heavy atom. The molecule has 14 heavy (non-hydrogen) atoms. The third kappa shape index (κ3) is 3.24. The third-order valence-corrected chi connectivity index (χ3v) is 1.56. The van der Waals surface area contributed by atoms with Crippen molar-refractivity contribution in [1.82, 2.24) is 4.90 Å². The molecule has 1 nitrogen and oxygen atoms in total. The maximum Gasteiger partial charge on any atom is 0.0598 e. The molecule has 0 aliphatic heterocycles. The summed E-state index contributed by atoms with van der Waals surface area (Å²) >= 11 is 0. The lowest BCUT2D eigenvalue weighted by Crippen LogP contribution is -2.31. The van der Waals surface area contributed by atoms with E-state index in [1.807, 2.05) is 5.92 Å². The number of hydrogen-bond acceptors (Lipinski definition) is 1. The molecule has 0 bridgehead atoms. The summed E-state index contributed by atoms with van der Waals surface area (Å²) in [5.74, 6) is 2.00. The van der Waals surface area contributed by atoms with Crippen molar-refractivity contribution in [2.45, 2.75) is 19.2 Å². The summed E-state index contributed by atoms with van der Waals surface area (Å²) in [7, 11) is 0. The molecule has 0 amide bonds. The molecule has 0 saturated heterocycles. The largest absolute Gasteiger partial charge is 0.292 e. The van der Waals surface area contributed by atoms with Gasteiger partial charge >= 0.3 is 0 Å². The molecule has 74 valence electrons. The van der Waals surface area contributed by atoms with Crippen molar-refractivity contribution in [3.05, 3.63) is 35.9 Å². The quantitative estimate of drug-likeness (QED) is 0.667. The molecule has 1 aromatic rings. The van der Waals surface area contributed by atoms with E-state index in [-0.39, 0.29) is 10.5 Å². The van der Waals surface area contributed by atoms with Gasteiger partial charge in [-0.1, -0.05) is 36.3 Å². The van der Waals surface area contributed by atoms with E-state index in [2.05, 4.69) is 0 Å². The predicted octanol–water partition coefficient (Wildman–Crippen LogP) is 2.18. The Hall–Kier alpha value is -1.26. The van der Waals surface area contributed by atoms with E-state index < -0.39 is 32.8 Å². The topological polar surface area (TPSA) is 3.24 Å². The van der Waals surface area contributed by atoms with E-state index in [1.54, 1.807) is 6.07 Å². The van der Waals surface area contributed by atoms with Crippen LogP contribution < -0.4 is 0 Å². The van der Waals surface area contributed by atoms with Crippen LogP contribution in [0.2, 0.25) is 0 Å². The molecular formula is C13H17N. The molecule has 0 saturated carbocycles. The SMILES string of the molecule is [2H]C([2H])([2H])N(CC#C)[C@]([2H])(C([2H])([2H])[2H])C([2H])([2H])c1ccccc1. The van der Waals surface area contributed by atoms with Crippen molar-refractivity contribution < 1.29 is 12.3 Å². The zero-order valence-corrected chi connectivity index (χ0v) is 7.62. The Morgan fingerprint density at radius 3 is 3.00 bits per heavy atom. The summed E-state index contributed by atoms with van der Waals surface area (Å²) < 4.78 is 70.2. The van der Waals surface area contributed by atoms with E-state index >= 15 is 0 Å². The molecule has 0 spiro atoms. The van der Waals surface area contributed by atoms with Crippen LogP contribution in [0.4, 0.5) is 0 Å². The zero-order chi connectivity index (χ0) is 18.1. The van der Waals surface area contributed by atoms with Crippen LogP contribution in [0.25, 0.3) is 0 Å². The molecule has 0 aliphatic carbocycles. The van der Waals surface area contributed by atoms with Crippen molar-refractivity contribution in [2.75, 3.05) is 13.5 Å². The molecule has 0 aromatic heterocycles. The number of nitrogens with zero attached hydrogens (tertiary/aromatic N) is 1. The zero-order valence-electron chi connectivity index (χ0n) is 16.6. The highest BCUT2D eigenvalue weighted by Gasteiger charge is 2.07. The van der Waals surface area contributed by atoms with E-state index in [0.29, 0.717) is 0 Å². The van der Waals surface area contributed by atoms with E-state index in [4.69, 9.17) is 18.8 Å². The predicted molar refractivity (Wildman–Crippen MR) is 61.1 cm³/mol. The summed E-state index contributed by atoms with van der Waals surface area (Å²) in [5, 5.41) is 0. The Morgan fingerprint density at radius 2 is 2.43 bits per heavy atom. The number of likely N-dealkylation sites (N-methyl/N-ethyl adjacent to an activating group) is 1. The monoisotopic (exact) mass is 196 g/mol. The lowest BCUT2D eigenvalue weighted by atomic mass is 10.1. The van der Waals surface area contributed by atoms with Crippen LogP contribution >= 0.6 is 0 Å². The lowest BCUT2D eigenvalue weighted by Gasteiger charge is -2.22. The average Bonchev–Trinajstić information content (AvgIpc) is 2.42. The van der Waals surface area contributed by atoms with Gasteiger partial charge in [0.15, 0.2) is 0 Å². The lowest BCUT2D eigenvalue weighted by molar-refractivity contribution is 0.287. The standard InChI is InChI=1S/C13H17N/c1-4-10-14(3)12(2)11-13-8-6-5-7-9-13/h1,5-9,12H,10-11H2,2-3H3/t12-/m1/s1/i2D3,3D3,11D2,12D. The maximum atomic E-state index is 8.36. The molecular weight excluding hydrogens is 170 g/mol. The van der Waals surface area contributed by atoms with Gasteiger partial charge in [0.1, 0.15) is 0 Å². The van der Waals surface area contributed by atoms with Crippen molar-refractivity contribution in [3.63, 3.8) is 0 Å². The average molecular weight is 196 g/mol. The fourth-order valence-corrected chi connectivity index (χ4v) is 0.896. The molecule has 0 aliphatic rings. The minimum Gasteiger partial charge on any atom is -0.292 e. The number of rotatable bonds is 4. The number of benzene rings is 1. The normalized spacial score (nSPS) is 27.0. The van der Waals surface area contributed by atoms with Gasteiger partial charge in [-0.05, 0) is 25.8 Å². The van der Waals surface area contributed by atoms with Gasteiger partial charge in [-0.15, -0.1) is 6.42 Å². The molecule has 1 heteroatoms. The first-order valence-electron chi connectivity index (χ1n) is 8.57. The van der Waals surface area contributed by atoms with Crippen LogP contribution in [0, 0.1) is 12.3 Å². The molecule has 0 N–H and O–H groups in total. The second-order valence-corrected chi connectivity index (χ2v) is 2.63. The van der Waals surface area contributed by atoms with Gasteiger partial charge in [0.25, 0.3) is 0 Å². The fraction of sp³-hybridized carbons (Fsp3) is 0.385. The van der Waals surface area contributed by atoms with Crippen molar-refractivity contribution in [3.8, 4) is 12.3 Å². The van der Waals surface area contributed by atoms with Crippen molar-refractivity contribution in [1.29, 1.82) is 0 Å². The van der Waals surface area contributed by atoms with Gasteiger partial charge in [0, 0.05) is 18.4 Å². The van der Waals surface area contributed by atoms with E-state index in [9.17, 15) is 0 Å². The van der Waals surface area contributed by atoms with Gasteiger partial charge in [-0.3, -0.25) is 4.90 Å². The Kier molecular flexibility index (Phi) is 1.45. The van der Waals surface area contributed by atoms with E-state index in [0.717, 1.165) is 0 Å². The minimum atomic E-state index is -3.27. The van der Waals surface area contributed by atoms with Crippen LogP contribution in [-0.2, 0) is 6.37 Å². The number of terminal acetylenes is 1. The van der Waals surface area contributed by atoms with Crippen molar-refractivity contribution in [2.24, 2.45) is 0 Å². The summed E-state index contributed by atoms with van der Waals surface area (Å²) in [6.07, 6.45) is 2.30. The Balaban J connectivity index is 3.65. The molecule has 0 radical (unpaired) electrons. The summed E-state index contributed by atoms with van der Waals surface area (Å²) in [6.45, 7) is -7.02. The van der Waals surface area contributed by atoms with Crippen molar-refractivity contribution >= 4 is 0 Å². The highest BCUT2D eigenvalue weighted by Crippen LogP contribution is 2.06. The van der Waals surface area contributed by atoms with Gasteiger partial charge in [-0.2, -0.15) is 0 Å². The Labute approximate surface area is 99.4 Å². The molecule has 1 rings (SSSR count). The highest BCUT2D eigenvalue weighted by atomic mass is 15.1. The molecule has 1 atom stereocenters. The molecule has 0 unspecified atom stereocenters. The van der Waals surface area contributed by atoms with Gasteiger partial charge in [0.2, 0.25) is 0 Å². The fourth-order valence-electron chi connectivity index (χ4n) is 0.896. The van der Waals surface area contributed by atoms with Crippen LogP contribution in [0.1, 0.15) is 24.8 Å². The summed E-state index contributed by atoms with van der Waals surface area (Å²) in [6, 6.07) is 4.08. The third-order valence-electron chi connectivity index (χ3n) is 1.56. The smallest absolute Gasteiger partial charge is 0.0598 e. The molecule has 0 fully saturated rings. The van der Waals surface area contributed by atoms with Crippen LogP contribution in [0.5, 0.6) is 0 Å². The maximum absolute atomic E-state index is 8.36. The van der Waals surface area contributed by atoms with Crippen LogP contribution in [0.3, 0.4) is 0 Å². The van der Waals surface area contributed by atoms with Gasteiger partial charge < -0.3 is 0 Å². The summed E-state index contributed by atoms with van der Waals surface area (Å²) in [5.41, 5.74) is -0.114. The number of hydrogen-bond donors (Lipinski definition) is 0. The minimum absolute atomic E-state index is 0.114. The van der Waals surface area contributed by atoms with Gasteiger partial charge in [-0.25, -0.2) is 0 Å². The second kappa shape index (κ2) is 5.47. The highest BCUT2D eigenvalue weighted by molar-refractivity contribution is 5.15. The molecule has 1 aromatic carbocycles. The van der Waals surface area contributed by atoms with Crippen LogP contribution in [0.15, 0.2) is 30.3 Å². The first-order valence-corrected chi connectivity index (χ1v) is 4.07. The molecule has 0 heterocycles. The van der Waals surface area contributed by atoms with E-state index in [1.165, 1.54) is 24.3 Å².